The Balaban J connectivity index is 2.65. The van der Waals surface area contributed by atoms with Crippen LogP contribution >= 0.6 is 27.7 Å². The molecular weight excluding hydrogens is 248 g/mol. The van der Waals surface area contributed by atoms with Crippen molar-refractivity contribution < 1.29 is 0 Å². The van der Waals surface area contributed by atoms with Crippen LogP contribution in [0.3, 0.4) is 0 Å². The Morgan fingerprint density at radius 2 is 2.38 bits per heavy atom. The average Bonchev–Trinajstić information content (AvgIpc) is 2.15. The lowest BCUT2D eigenvalue weighted by Gasteiger charge is -2.19. The van der Waals surface area contributed by atoms with Crippen LogP contribution in [0.5, 0.6) is 0 Å². The van der Waals surface area contributed by atoms with Crippen LogP contribution in [0.1, 0.15) is 0 Å². The summed E-state index contributed by atoms with van der Waals surface area (Å²) in [4.78, 5) is 6.25. The van der Waals surface area contributed by atoms with Gasteiger partial charge in [-0.05, 0) is 28.3 Å². The molecule has 0 fully saturated rings. The summed E-state index contributed by atoms with van der Waals surface area (Å²) in [7, 11) is 2.09. The topological polar surface area (TPSA) is 16.1 Å². The highest BCUT2D eigenvalue weighted by atomic mass is 79.9. The molecule has 0 radical (unpaired) electrons. The predicted molar refractivity (Wildman–Crippen MR) is 63.6 cm³/mol. The van der Waals surface area contributed by atoms with Gasteiger partial charge in [-0.1, -0.05) is 0 Å². The first-order chi connectivity index (χ1) is 6.25. The number of hydrogen-bond acceptors (Lipinski definition) is 3. The van der Waals surface area contributed by atoms with E-state index in [9.17, 15) is 0 Å². The number of hydrogen-bond donors (Lipinski definition) is 0. The molecule has 0 bridgehead atoms. The molecule has 0 aliphatic carbocycles. The number of rotatable bonds is 4. The fourth-order valence-electron chi connectivity index (χ4n) is 1.03. The molecule has 0 aliphatic rings. The largest absolute Gasteiger partial charge is 0.373 e. The third-order valence-electron chi connectivity index (χ3n) is 1.79. The van der Waals surface area contributed by atoms with Crippen LogP contribution in [-0.2, 0) is 0 Å². The number of aromatic nitrogens is 1. The van der Waals surface area contributed by atoms with Crippen molar-refractivity contribution in [3.63, 3.8) is 0 Å². The van der Waals surface area contributed by atoms with Gasteiger partial charge >= 0.3 is 0 Å². The van der Waals surface area contributed by atoms with Gasteiger partial charge < -0.3 is 4.90 Å². The lowest BCUT2D eigenvalue weighted by Crippen LogP contribution is -2.20. The van der Waals surface area contributed by atoms with Crippen molar-refractivity contribution in [3.8, 4) is 0 Å². The van der Waals surface area contributed by atoms with E-state index in [-0.39, 0.29) is 0 Å². The summed E-state index contributed by atoms with van der Waals surface area (Å²) in [6.07, 6.45) is 5.76. The molecule has 0 unspecified atom stereocenters. The monoisotopic (exact) mass is 260 g/mol. The molecule has 1 heterocycles. The van der Waals surface area contributed by atoms with Crippen molar-refractivity contribution in [1.82, 2.24) is 4.98 Å². The van der Waals surface area contributed by atoms with Gasteiger partial charge in [0.1, 0.15) is 0 Å². The van der Waals surface area contributed by atoms with Crippen LogP contribution in [0, 0.1) is 0 Å². The lowest BCUT2D eigenvalue weighted by molar-refractivity contribution is 0.970. The zero-order valence-electron chi connectivity index (χ0n) is 7.83. The number of halogens is 1. The van der Waals surface area contributed by atoms with Gasteiger partial charge in [0.05, 0.1) is 10.2 Å². The zero-order chi connectivity index (χ0) is 9.68. The van der Waals surface area contributed by atoms with Gasteiger partial charge in [0.15, 0.2) is 0 Å². The Morgan fingerprint density at radius 1 is 1.62 bits per heavy atom. The summed E-state index contributed by atoms with van der Waals surface area (Å²) >= 11 is 5.34. The van der Waals surface area contributed by atoms with Gasteiger partial charge in [-0.2, -0.15) is 11.8 Å². The molecule has 1 aromatic heterocycles. The standard InChI is InChI=1S/C9H13BrN2S/c1-12(5-6-13-2)9-3-4-11-7-8(9)10/h3-4,7H,5-6H2,1-2H3. The van der Waals surface area contributed by atoms with Gasteiger partial charge in [-0.15, -0.1) is 0 Å². The third-order valence-corrected chi connectivity index (χ3v) is 2.99. The molecule has 0 atom stereocenters. The second-order valence-corrected chi connectivity index (χ2v) is 4.58. The molecule has 0 N–H and O–H groups in total. The summed E-state index contributed by atoms with van der Waals surface area (Å²) in [6.45, 7) is 1.06. The Morgan fingerprint density at radius 3 is 3.00 bits per heavy atom. The second-order valence-electron chi connectivity index (χ2n) is 2.74. The quantitative estimate of drug-likeness (QED) is 0.829. The predicted octanol–water partition coefficient (Wildman–Crippen LogP) is 2.64. The first-order valence-corrected chi connectivity index (χ1v) is 6.24. The van der Waals surface area contributed by atoms with Crippen molar-refractivity contribution in [2.45, 2.75) is 0 Å². The molecule has 4 heteroatoms. The highest BCUT2D eigenvalue weighted by Crippen LogP contribution is 2.23. The maximum atomic E-state index is 4.03. The minimum Gasteiger partial charge on any atom is -0.373 e. The maximum absolute atomic E-state index is 4.03. The van der Waals surface area contributed by atoms with E-state index < -0.39 is 0 Å². The zero-order valence-corrected chi connectivity index (χ0v) is 10.2. The van der Waals surface area contributed by atoms with E-state index in [0.717, 1.165) is 16.8 Å². The van der Waals surface area contributed by atoms with Crippen LogP contribution in [-0.4, -0.2) is 30.6 Å². The Bertz CT molecular complexity index is 268. The molecule has 0 aliphatic heterocycles. The van der Waals surface area contributed by atoms with Crippen molar-refractivity contribution >= 4 is 33.4 Å². The molecule has 0 amide bonds. The minimum absolute atomic E-state index is 1.05. The smallest absolute Gasteiger partial charge is 0.0592 e. The van der Waals surface area contributed by atoms with E-state index in [1.165, 1.54) is 5.69 Å². The molecule has 0 spiro atoms. The highest BCUT2D eigenvalue weighted by molar-refractivity contribution is 9.10. The first-order valence-electron chi connectivity index (χ1n) is 4.05. The fourth-order valence-corrected chi connectivity index (χ4v) is 2.04. The SMILES string of the molecule is CSCCN(C)c1ccncc1Br. The van der Waals surface area contributed by atoms with Gasteiger partial charge in [-0.25, -0.2) is 0 Å². The van der Waals surface area contributed by atoms with E-state index >= 15 is 0 Å². The summed E-state index contributed by atoms with van der Waals surface area (Å²) in [6, 6.07) is 2.02. The molecule has 0 saturated carbocycles. The molecule has 1 rings (SSSR count). The van der Waals surface area contributed by atoms with E-state index in [4.69, 9.17) is 0 Å². The first kappa shape index (κ1) is 10.9. The number of pyridine rings is 1. The average molecular weight is 261 g/mol. The summed E-state index contributed by atoms with van der Waals surface area (Å²) < 4.78 is 1.05. The number of nitrogens with zero attached hydrogens (tertiary/aromatic N) is 2. The van der Waals surface area contributed by atoms with Crippen LogP contribution in [0.15, 0.2) is 22.9 Å². The Labute approximate surface area is 91.9 Å². The van der Waals surface area contributed by atoms with Crippen LogP contribution in [0.25, 0.3) is 0 Å². The van der Waals surface area contributed by atoms with E-state index in [0.29, 0.717) is 0 Å². The van der Waals surface area contributed by atoms with E-state index in [1.54, 1.807) is 0 Å². The van der Waals surface area contributed by atoms with Gasteiger partial charge in [-0.3, -0.25) is 4.98 Å². The van der Waals surface area contributed by atoms with E-state index in [1.807, 2.05) is 30.2 Å². The summed E-state index contributed by atoms with van der Waals surface area (Å²) in [5.74, 6) is 1.14. The maximum Gasteiger partial charge on any atom is 0.0592 e. The minimum atomic E-state index is 1.05. The van der Waals surface area contributed by atoms with Gasteiger partial charge in [0, 0.05) is 31.7 Å². The molecule has 0 saturated heterocycles. The summed E-state index contributed by atoms with van der Waals surface area (Å²) in [5.41, 5.74) is 1.20. The molecule has 72 valence electrons. The van der Waals surface area contributed by atoms with Crippen LogP contribution < -0.4 is 4.90 Å². The van der Waals surface area contributed by atoms with Crippen LogP contribution in [0.4, 0.5) is 5.69 Å². The van der Waals surface area contributed by atoms with Gasteiger partial charge in [0.25, 0.3) is 0 Å². The van der Waals surface area contributed by atoms with Crippen molar-refractivity contribution in [2.24, 2.45) is 0 Å². The Hall–Kier alpha value is -0.220. The van der Waals surface area contributed by atoms with Crippen LogP contribution in [0.2, 0.25) is 0 Å². The Kier molecular flexibility index (Phi) is 4.59. The van der Waals surface area contributed by atoms with Crippen molar-refractivity contribution in [3.05, 3.63) is 22.9 Å². The van der Waals surface area contributed by atoms with Gasteiger partial charge in [0.2, 0.25) is 0 Å². The molecule has 1 aromatic rings. The summed E-state index contributed by atoms with van der Waals surface area (Å²) in [5, 5.41) is 0. The van der Waals surface area contributed by atoms with Crippen molar-refractivity contribution in [2.75, 3.05) is 30.5 Å². The molecule has 0 aromatic carbocycles. The number of anilines is 1. The lowest BCUT2D eigenvalue weighted by atomic mass is 10.4. The van der Waals surface area contributed by atoms with Crippen molar-refractivity contribution in [1.29, 1.82) is 0 Å². The molecular formula is C9H13BrN2S. The fraction of sp³-hybridized carbons (Fsp3) is 0.444. The third kappa shape index (κ3) is 3.19. The second kappa shape index (κ2) is 5.50. The molecule has 2 nitrogen and oxygen atoms in total. The normalized spacial score (nSPS) is 10.1. The van der Waals surface area contributed by atoms with E-state index in [2.05, 4.69) is 39.1 Å². The number of thioether (sulfide) groups is 1. The highest BCUT2D eigenvalue weighted by Gasteiger charge is 2.03. The molecule has 13 heavy (non-hydrogen) atoms.